The largest absolute Gasteiger partial charge is 0.493 e. The molecule has 1 heterocycles. The molecule has 0 aliphatic carbocycles. The van der Waals surface area contributed by atoms with Gasteiger partial charge in [-0.1, -0.05) is 6.07 Å². The Morgan fingerprint density at radius 2 is 1.81 bits per heavy atom. The topological polar surface area (TPSA) is 34.6 Å². The number of thiazole rings is 1. The average Bonchev–Trinajstić information content (AvgIpc) is 2.76. The first-order valence-electron chi connectivity index (χ1n) is 6.86. The molecule has 2 rings (SSSR count). The minimum absolute atomic E-state index is 0.762. The van der Waals surface area contributed by atoms with Crippen LogP contribution in [0, 0.1) is 13.8 Å². The number of hydrogen-bond donors (Lipinski definition) is 0. The zero-order valence-corrected chi connectivity index (χ0v) is 14.1. The molecule has 0 fully saturated rings. The lowest BCUT2D eigenvalue weighted by Gasteiger charge is -2.17. The Balaban J connectivity index is 2.05. The molecule has 0 spiro atoms. The highest BCUT2D eigenvalue weighted by Gasteiger charge is 2.10. The number of nitrogens with zero attached hydrogens (tertiary/aromatic N) is 2. The van der Waals surface area contributed by atoms with E-state index in [1.54, 1.807) is 25.6 Å². The summed E-state index contributed by atoms with van der Waals surface area (Å²) in [6.07, 6.45) is 0. The summed E-state index contributed by atoms with van der Waals surface area (Å²) < 4.78 is 10.6. The second-order valence-electron chi connectivity index (χ2n) is 5.10. The fraction of sp³-hybridized carbons (Fsp3) is 0.438. The van der Waals surface area contributed by atoms with Crippen LogP contribution in [-0.2, 0) is 13.1 Å². The molecule has 0 radical (unpaired) electrons. The Morgan fingerprint density at radius 3 is 2.38 bits per heavy atom. The van der Waals surface area contributed by atoms with Crippen molar-refractivity contribution in [1.82, 2.24) is 9.88 Å². The summed E-state index contributed by atoms with van der Waals surface area (Å²) in [5, 5.41) is 1.13. The van der Waals surface area contributed by atoms with Gasteiger partial charge in [-0.25, -0.2) is 4.98 Å². The summed E-state index contributed by atoms with van der Waals surface area (Å²) in [4.78, 5) is 8.08. The van der Waals surface area contributed by atoms with Crippen molar-refractivity contribution in [3.05, 3.63) is 39.3 Å². The van der Waals surface area contributed by atoms with Gasteiger partial charge in [-0.2, -0.15) is 0 Å². The Hall–Kier alpha value is -1.59. The maximum absolute atomic E-state index is 5.35. The first-order valence-corrected chi connectivity index (χ1v) is 7.67. The van der Waals surface area contributed by atoms with Crippen LogP contribution < -0.4 is 9.47 Å². The Kier molecular flexibility index (Phi) is 5.20. The summed E-state index contributed by atoms with van der Waals surface area (Å²) in [6.45, 7) is 5.89. The van der Waals surface area contributed by atoms with Crippen molar-refractivity contribution in [1.29, 1.82) is 0 Å². The maximum Gasteiger partial charge on any atom is 0.161 e. The van der Waals surface area contributed by atoms with Crippen LogP contribution in [0.2, 0.25) is 0 Å². The fourth-order valence-corrected chi connectivity index (χ4v) is 3.33. The second kappa shape index (κ2) is 6.91. The average molecular weight is 306 g/mol. The Labute approximate surface area is 130 Å². The molecule has 2 aromatic rings. The SMILES string of the molecule is COc1ccc(CN(C)Cc2sc(C)nc2C)cc1OC. The van der Waals surface area contributed by atoms with Crippen LogP contribution in [0.1, 0.15) is 21.1 Å². The van der Waals surface area contributed by atoms with Gasteiger partial charge in [0.15, 0.2) is 11.5 Å². The highest BCUT2D eigenvalue weighted by atomic mass is 32.1. The van der Waals surface area contributed by atoms with Gasteiger partial charge in [0.1, 0.15) is 0 Å². The van der Waals surface area contributed by atoms with Gasteiger partial charge in [0.25, 0.3) is 0 Å². The van der Waals surface area contributed by atoms with E-state index < -0.39 is 0 Å². The van der Waals surface area contributed by atoms with E-state index in [2.05, 4.69) is 36.8 Å². The molecule has 114 valence electrons. The van der Waals surface area contributed by atoms with Crippen LogP contribution in [0.5, 0.6) is 11.5 Å². The third kappa shape index (κ3) is 3.95. The first-order chi connectivity index (χ1) is 10.0. The zero-order chi connectivity index (χ0) is 15.4. The third-order valence-electron chi connectivity index (χ3n) is 3.31. The quantitative estimate of drug-likeness (QED) is 0.819. The van der Waals surface area contributed by atoms with E-state index in [0.717, 1.165) is 35.3 Å². The lowest BCUT2D eigenvalue weighted by molar-refractivity contribution is 0.318. The molecule has 0 bridgehead atoms. The van der Waals surface area contributed by atoms with Gasteiger partial charge in [0.2, 0.25) is 0 Å². The number of hydrogen-bond acceptors (Lipinski definition) is 5. The van der Waals surface area contributed by atoms with E-state index in [9.17, 15) is 0 Å². The van der Waals surface area contributed by atoms with Crippen molar-refractivity contribution in [3.8, 4) is 11.5 Å². The molecule has 0 amide bonds. The molecule has 0 aliphatic heterocycles. The molecule has 0 aliphatic rings. The lowest BCUT2D eigenvalue weighted by atomic mass is 10.2. The lowest BCUT2D eigenvalue weighted by Crippen LogP contribution is -2.17. The van der Waals surface area contributed by atoms with Crippen molar-refractivity contribution in [2.24, 2.45) is 0 Å². The van der Waals surface area contributed by atoms with Crippen LogP contribution in [-0.4, -0.2) is 31.2 Å². The number of rotatable bonds is 6. The number of aryl methyl sites for hydroxylation is 2. The van der Waals surface area contributed by atoms with Gasteiger partial charge in [0.05, 0.1) is 24.9 Å². The smallest absolute Gasteiger partial charge is 0.161 e. The van der Waals surface area contributed by atoms with Crippen LogP contribution in [0.25, 0.3) is 0 Å². The third-order valence-corrected chi connectivity index (χ3v) is 4.37. The molecule has 0 saturated heterocycles. The minimum atomic E-state index is 0.762. The minimum Gasteiger partial charge on any atom is -0.493 e. The predicted octanol–water partition coefficient (Wildman–Crippen LogP) is 3.41. The zero-order valence-electron chi connectivity index (χ0n) is 13.3. The number of methoxy groups -OCH3 is 2. The summed E-state index contributed by atoms with van der Waals surface area (Å²) >= 11 is 1.77. The normalized spacial score (nSPS) is 11.0. The summed E-state index contributed by atoms with van der Waals surface area (Å²) in [6, 6.07) is 6.05. The van der Waals surface area contributed by atoms with Gasteiger partial charge in [-0.15, -0.1) is 11.3 Å². The van der Waals surface area contributed by atoms with Gasteiger partial charge in [-0.05, 0) is 38.6 Å². The van der Waals surface area contributed by atoms with E-state index >= 15 is 0 Å². The van der Waals surface area contributed by atoms with E-state index in [4.69, 9.17) is 9.47 Å². The van der Waals surface area contributed by atoms with Gasteiger partial charge in [0, 0.05) is 18.0 Å². The van der Waals surface area contributed by atoms with Crippen molar-refractivity contribution in [2.45, 2.75) is 26.9 Å². The molecule has 4 nitrogen and oxygen atoms in total. The van der Waals surface area contributed by atoms with E-state index in [1.807, 2.05) is 12.1 Å². The predicted molar refractivity (Wildman–Crippen MR) is 86.3 cm³/mol. The number of aromatic nitrogens is 1. The van der Waals surface area contributed by atoms with Crippen molar-refractivity contribution in [3.63, 3.8) is 0 Å². The van der Waals surface area contributed by atoms with Crippen LogP contribution in [0.3, 0.4) is 0 Å². The molecule has 0 atom stereocenters. The van der Waals surface area contributed by atoms with Gasteiger partial charge < -0.3 is 9.47 Å². The highest BCUT2D eigenvalue weighted by molar-refractivity contribution is 7.11. The molecule has 0 saturated carbocycles. The summed E-state index contributed by atoms with van der Waals surface area (Å²) in [5.41, 5.74) is 2.34. The van der Waals surface area contributed by atoms with Crippen molar-refractivity contribution >= 4 is 11.3 Å². The molecule has 0 unspecified atom stereocenters. The maximum atomic E-state index is 5.35. The molecule has 1 aromatic heterocycles. The molecular weight excluding hydrogens is 284 g/mol. The molecule has 1 aromatic carbocycles. The highest BCUT2D eigenvalue weighted by Crippen LogP contribution is 2.28. The molecular formula is C16H22N2O2S. The fourth-order valence-electron chi connectivity index (χ4n) is 2.31. The number of benzene rings is 1. The Morgan fingerprint density at radius 1 is 1.10 bits per heavy atom. The summed E-state index contributed by atoms with van der Waals surface area (Å²) in [7, 11) is 5.43. The summed E-state index contributed by atoms with van der Waals surface area (Å²) in [5.74, 6) is 1.53. The van der Waals surface area contributed by atoms with E-state index in [0.29, 0.717) is 0 Å². The van der Waals surface area contributed by atoms with Crippen LogP contribution >= 0.6 is 11.3 Å². The van der Waals surface area contributed by atoms with Crippen molar-refractivity contribution in [2.75, 3.05) is 21.3 Å². The van der Waals surface area contributed by atoms with E-state index in [1.165, 1.54) is 10.4 Å². The van der Waals surface area contributed by atoms with Gasteiger partial charge in [-0.3, -0.25) is 4.90 Å². The van der Waals surface area contributed by atoms with E-state index in [-0.39, 0.29) is 0 Å². The molecule has 21 heavy (non-hydrogen) atoms. The van der Waals surface area contributed by atoms with Crippen LogP contribution in [0.4, 0.5) is 0 Å². The monoisotopic (exact) mass is 306 g/mol. The van der Waals surface area contributed by atoms with Gasteiger partial charge >= 0.3 is 0 Å². The standard InChI is InChI=1S/C16H22N2O2S/c1-11-16(21-12(2)17-11)10-18(3)9-13-6-7-14(19-4)15(8-13)20-5/h6-8H,9-10H2,1-5H3. The molecule has 0 N–H and O–H groups in total. The Bertz CT molecular complexity index is 610. The second-order valence-corrected chi connectivity index (χ2v) is 6.39. The molecule has 5 heteroatoms. The van der Waals surface area contributed by atoms with Crippen LogP contribution in [0.15, 0.2) is 18.2 Å². The number of ether oxygens (including phenoxy) is 2. The first kappa shape index (κ1) is 15.8. The van der Waals surface area contributed by atoms with Crippen molar-refractivity contribution < 1.29 is 9.47 Å².